The number of likely N-dealkylation sites (tertiary alicyclic amines) is 1. The summed E-state index contributed by atoms with van der Waals surface area (Å²) in [6.07, 6.45) is 5.48. The minimum atomic E-state index is 0.873. The van der Waals surface area contributed by atoms with E-state index in [1.54, 1.807) is 0 Å². The lowest BCUT2D eigenvalue weighted by molar-refractivity contribution is 0.152. The van der Waals surface area contributed by atoms with Crippen molar-refractivity contribution in [1.82, 2.24) is 4.90 Å². The molecule has 2 heterocycles. The average molecular weight is 228 g/mol. The van der Waals surface area contributed by atoms with Crippen molar-refractivity contribution < 1.29 is 0 Å². The Labute approximate surface area is 98.0 Å². The zero-order chi connectivity index (χ0) is 10.5. The lowest BCUT2D eigenvalue weighted by Crippen LogP contribution is -2.39. The Morgan fingerprint density at radius 1 is 1.27 bits per heavy atom. The van der Waals surface area contributed by atoms with Crippen LogP contribution in [-0.4, -0.2) is 42.6 Å². The van der Waals surface area contributed by atoms with Gasteiger partial charge in [0.1, 0.15) is 0 Å². The van der Waals surface area contributed by atoms with E-state index in [1.165, 1.54) is 56.8 Å². The van der Waals surface area contributed by atoms with Crippen LogP contribution < -0.4 is 5.73 Å². The van der Waals surface area contributed by atoms with Crippen molar-refractivity contribution in [2.75, 3.05) is 37.7 Å². The number of rotatable bonds is 4. The molecular formula is C12H24N2S. The first kappa shape index (κ1) is 11.7. The van der Waals surface area contributed by atoms with E-state index < -0.39 is 0 Å². The van der Waals surface area contributed by atoms with Gasteiger partial charge in [-0.3, -0.25) is 0 Å². The average Bonchev–Trinajstić information content (AvgIpc) is 2.71. The summed E-state index contributed by atoms with van der Waals surface area (Å²) < 4.78 is 0. The molecule has 3 heteroatoms. The quantitative estimate of drug-likeness (QED) is 0.795. The van der Waals surface area contributed by atoms with Gasteiger partial charge < -0.3 is 10.6 Å². The van der Waals surface area contributed by atoms with Gasteiger partial charge in [0.15, 0.2) is 0 Å². The molecule has 0 spiro atoms. The van der Waals surface area contributed by atoms with Gasteiger partial charge in [0, 0.05) is 13.1 Å². The third kappa shape index (κ3) is 3.65. The monoisotopic (exact) mass is 228 g/mol. The molecule has 0 radical (unpaired) electrons. The van der Waals surface area contributed by atoms with E-state index in [0.717, 1.165) is 18.4 Å². The van der Waals surface area contributed by atoms with E-state index in [4.69, 9.17) is 5.73 Å². The highest BCUT2D eigenvalue weighted by atomic mass is 32.2. The van der Waals surface area contributed by atoms with Crippen molar-refractivity contribution >= 4 is 11.8 Å². The molecule has 0 aliphatic carbocycles. The Morgan fingerprint density at radius 2 is 2.20 bits per heavy atom. The van der Waals surface area contributed by atoms with E-state index in [1.807, 2.05) is 0 Å². The topological polar surface area (TPSA) is 29.3 Å². The summed E-state index contributed by atoms with van der Waals surface area (Å²) in [6.45, 7) is 4.88. The number of hydrogen-bond donors (Lipinski definition) is 1. The molecule has 2 aliphatic heterocycles. The summed E-state index contributed by atoms with van der Waals surface area (Å²) in [5.41, 5.74) is 5.65. The van der Waals surface area contributed by atoms with Crippen LogP contribution in [0.1, 0.15) is 25.7 Å². The molecule has 2 fully saturated rings. The number of thioether (sulfide) groups is 1. The second kappa shape index (κ2) is 6.12. The maximum Gasteiger partial charge on any atom is 0.00180 e. The normalized spacial score (nSPS) is 33.4. The minimum Gasteiger partial charge on any atom is -0.330 e. The van der Waals surface area contributed by atoms with Crippen LogP contribution in [0.2, 0.25) is 0 Å². The molecule has 0 aromatic heterocycles. The summed E-state index contributed by atoms with van der Waals surface area (Å²) >= 11 is 2.14. The molecule has 2 saturated heterocycles. The summed E-state index contributed by atoms with van der Waals surface area (Å²) in [5.74, 6) is 4.66. The Morgan fingerprint density at radius 3 is 2.93 bits per heavy atom. The van der Waals surface area contributed by atoms with E-state index >= 15 is 0 Å². The van der Waals surface area contributed by atoms with Crippen molar-refractivity contribution in [2.45, 2.75) is 25.7 Å². The molecule has 0 amide bonds. The Balaban J connectivity index is 1.71. The van der Waals surface area contributed by atoms with Gasteiger partial charge in [-0.2, -0.15) is 11.8 Å². The van der Waals surface area contributed by atoms with E-state index in [-0.39, 0.29) is 0 Å². The van der Waals surface area contributed by atoms with Gasteiger partial charge in [0.05, 0.1) is 0 Å². The van der Waals surface area contributed by atoms with Crippen molar-refractivity contribution in [3.05, 3.63) is 0 Å². The molecule has 2 aliphatic rings. The number of hydrogen-bond acceptors (Lipinski definition) is 3. The maximum absolute atomic E-state index is 5.65. The third-order valence-electron chi connectivity index (χ3n) is 3.72. The van der Waals surface area contributed by atoms with Crippen molar-refractivity contribution in [2.24, 2.45) is 17.6 Å². The standard InChI is InChI=1S/C12H24N2S/c13-5-3-11-2-1-6-14(8-11)9-12-4-7-15-10-12/h11-12H,1-10,13H2. The molecule has 0 saturated carbocycles. The van der Waals surface area contributed by atoms with Gasteiger partial charge in [0.25, 0.3) is 0 Å². The van der Waals surface area contributed by atoms with E-state index in [9.17, 15) is 0 Å². The van der Waals surface area contributed by atoms with Crippen molar-refractivity contribution in [3.8, 4) is 0 Å². The first-order valence-electron chi connectivity index (χ1n) is 6.38. The molecule has 2 nitrogen and oxygen atoms in total. The largest absolute Gasteiger partial charge is 0.330 e. The molecule has 2 atom stereocenters. The van der Waals surface area contributed by atoms with Crippen LogP contribution in [0.25, 0.3) is 0 Å². The summed E-state index contributed by atoms with van der Waals surface area (Å²) in [4.78, 5) is 2.69. The molecule has 2 rings (SSSR count). The third-order valence-corrected chi connectivity index (χ3v) is 4.95. The fraction of sp³-hybridized carbons (Fsp3) is 1.00. The lowest BCUT2D eigenvalue weighted by Gasteiger charge is -2.34. The molecule has 2 unspecified atom stereocenters. The van der Waals surface area contributed by atoms with Gasteiger partial charge in [-0.1, -0.05) is 0 Å². The minimum absolute atomic E-state index is 0.873. The Kier molecular flexibility index (Phi) is 4.79. The smallest absolute Gasteiger partial charge is 0.00180 e. The molecular weight excluding hydrogens is 204 g/mol. The van der Waals surface area contributed by atoms with Crippen molar-refractivity contribution in [3.63, 3.8) is 0 Å². The predicted molar refractivity (Wildman–Crippen MR) is 68.3 cm³/mol. The molecule has 2 N–H and O–H groups in total. The van der Waals surface area contributed by atoms with Crippen LogP contribution >= 0.6 is 11.8 Å². The summed E-state index contributed by atoms with van der Waals surface area (Å²) in [5, 5.41) is 0. The lowest BCUT2D eigenvalue weighted by atomic mass is 9.94. The first-order chi connectivity index (χ1) is 7.38. The van der Waals surface area contributed by atoms with Crippen molar-refractivity contribution in [1.29, 1.82) is 0 Å². The summed E-state index contributed by atoms with van der Waals surface area (Å²) in [6, 6.07) is 0. The molecule has 88 valence electrons. The summed E-state index contributed by atoms with van der Waals surface area (Å²) in [7, 11) is 0. The van der Waals surface area contributed by atoms with E-state index in [2.05, 4.69) is 16.7 Å². The van der Waals surface area contributed by atoms with Crippen LogP contribution in [0.15, 0.2) is 0 Å². The van der Waals surface area contributed by atoms with Crippen LogP contribution in [0.4, 0.5) is 0 Å². The molecule has 0 aromatic rings. The maximum atomic E-state index is 5.65. The molecule has 0 bridgehead atoms. The SMILES string of the molecule is NCCC1CCCN(CC2CCSC2)C1. The zero-order valence-corrected chi connectivity index (χ0v) is 10.5. The fourth-order valence-corrected chi connectivity index (χ4v) is 4.15. The number of nitrogens with two attached hydrogens (primary N) is 1. The van der Waals surface area contributed by atoms with E-state index in [0.29, 0.717) is 0 Å². The van der Waals surface area contributed by atoms with Gasteiger partial charge in [-0.15, -0.1) is 0 Å². The van der Waals surface area contributed by atoms with Gasteiger partial charge in [0.2, 0.25) is 0 Å². The highest BCUT2D eigenvalue weighted by Gasteiger charge is 2.23. The highest BCUT2D eigenvalue weighted by Crippen LogP contribution is 2.26. The highest BCUT2D eigenvalue weighted by molar-refractivity contribution is 7.99. The van der Waals surface area contributed by atoms with Gasteiger partial charge >= 0.3 is 0 Å². The predicted octanol–water partition coefficient (Wildman–Crippen LogP) is 1.80. The van der Waals surface area contributed by atoms with Crippen LogP contribution in [0, 0.1) is 11.8 Å². The van der Waals surface area contributed by atoms with Crippen LogP contribution in [-0.2, 0) is 0 Å². The van der Waals surface area contributed by atoms with Gasteiger partial charge in [-0.05, 0) is 62.1 Å². The second-order valence-corrected chi connectivity index (χ2v) is 6.22. The Hall–Kier alpha value is 0.270. The van der Waals surface area contributed by atoms with Crippen LogP contribution in [0.5, 0.6) is 0 Å². The molecule has 15 heavy (non-hydrogen) atoms. The zero-order valence-electron chi connectivity index (χ0n) is 9.66. The fourth-order valence-electron chi connectivity index (χ4n) is 2.88. The first-order valence-corrected chi connectivity index (χ1v) is 7.54. The van der Waals surface area contributed by atoms with Gasteiger partial charge in [-0.25, -0.2) is 0 Å². The van der Waals surface area contributed by atoms with Crippen LogP contribution in [0.3, 0.4) is 0 Å². The number of piperidine rings is 1. The second-order valence-electron chi connectivity index (χ2n) is 5.07. The Bertz CT molecular complexity index is 178. The molecule has 0 aromatic carbocycles. The number of nitrogens with zero attached hydrogens (tertiary/aromatic N) is 1.